The van der Waals surface area contributed by atoms with Gasteiger partial charge in [0.1, 0.15) is 10.6 Å². The Morgan fingerprint density at radius 1 is 1.03 bits per heavy atom. The number of hydrogen-bond acceptors (Lipinski definition) is 7. The molecule has 10 heteroatoms. The topological polar surface area (TPSA) is 94.6 Å². The summed E-state index contributed by atoms with van der Waals surface area (Å²) in [7, 11) is -6.96. The number of fused-ring (bicyclic) bond motifs is 1. The van der Waals surface area contributed by atoms with Gasteiger partial charge in [0.25, 0.3) is 4.74 Å². The SMILES string of the molecule is COc1ccc(/C=C/S(=O)(=O)CS(=O)(=O)c2cc3cc(Br)ccc3sc2=O)cc1. The first kappa shape index (κ1) is 21.7. The van der Waals surface area contributed by atoms with Gasteiger partial charge in [0.15, 0.2) is 24.8 Å². The van der Waals surface area contributed by atoms with Crippen LogP contribution in [0.4, 0.5) is 0 Å². The second kappa shape index (κ2) is 8.39. The molecule has 0 aliphatic heterocycles. The smallest absolute Gasteiger partial charge is 0.251 e. The minimum absolute atomic E-state index is 0.519. The van der Waals surface area contributed by atoms with Gasteiger partial charge in [0, 0.05) is 14.6 Å². The summed E-state index contributed by atoms with van der Waals surface area (Å²) in [6.45, 7) is 0. The molecule has 0 aliphatic rings. The standard InChI is InChI=1S/C19H15BrO6S3/c1-26-16-5-2-13(3-6-16)8-9-28(22,23)12-29(24,25)18-11-14-10-15(20)4-7-17(14)27-19(18)21/h2-11H,12H2,1H3/b9-8+. The zero-order valence-corrected chi connectivity index (χ0v) is 19.1. The Bertz CT molecular complexity index is 1360. The summed E-state index contributed by atoms with van der Waals surface area (Å²) in [6, 6.07) is 12.9. The molecule has 0 radical (unpaired) electrons. The molecule has 0 N–H and O–H groups in total. The summed E-state index contributed by atoms with van der Waals surface area (Å²) < 4.78 is 55.7. The van der Waals surface area contributed by atoms with Crippen molar-refractivity contribution in [1.29, 1.82) is 0 Å². The van der Waals surface area contributed by atoms with E-state index in [1.807, 2.05) is 0 Å². The van der Waals surface area contributed by atoms with Gasteiger partial charge in [-0.3, -0.25) is 4.79 Å². The quantitative estimate of drug-likeness (QED) is 0.495. The Labute approximate surface area is 180 Å². The number of hydrogen-bond donors (Lipinski definition) is 0. The Morgan fingerprint density at radius 3 is 2.38 bits per heavy atom. The molecular formula is C19H15BrO6S3. The number of methoxy groups -OCH3 is 1. The third kappa shape index (κ3) is 5.33. The van der Waals surface area contributed by atoms with Crippen molar-refractivity contribution >= 4 is 63.1 Å². The molecule has 1 heterocycles. The Kier molecular flexibility index (Phi) is 6.27. The van der Waals surface area contributed by atoms with Gasteiger partial charge in [-0.05, 0) is 53.4 Å². The predicted molar refractivity (Wildman–Crippen MR) is 119 cm³/mol. The van der Waals surface area contributed by atoms with Crippen molar-refractivity contribution in [2.24, 2.45) is 0 Å². The number of rotatable bonds is 6. The van der Waals surface area contributed by atoms with E-state index in [9.17, 15) is 21.6 Å². The first-order valence-corrected chi connectivity index (χ1v) is 13.1. The van der Waals surface area contributed by atoms with E-state index in [4.69, 9.17) is 4.74 Å². The first-order valence-electron chi connectivity index (χ1n) is 8.11. The van der Waals surface area contributed by atoms with Crippen molar-refractivity contribution in [3.63, 3.8) is 0 Å². The minimum Gasteiger partial charge on any atom is -0.497 e. The predicted octanol–water partition coefficient (Wildman–Crippen LogP) is 3.85. The van der Waals surface area contributed by atoms with Crippen LogP contribution in [0.25, 0.3) is 16.2 Å². The number of halogens is 1. The van der Waals surface area contributed by atoms with Gasteiger partial charge in [0.05, 0.1) is 7.11 Å². The van der Waals surface area contributed by atoms with E-state index in [0.29, 0.717) is 25.9 Å². The maximum atomic E-state index is 12.7. The van der Waals surface area contributed by atoms with Gasteiger partial charge in [-0.1, -0.05) is 39.4 Å². The third-order valence-electron chi connectivity index (χ3n) is 3.90. The molecule has 0 saturated heterocycles. The fraction of sp³-hybridized carbons (Fsp3) is 0.105. The number of sulfone groups is 2. The van der Waals surface area contributed by atoms with Gasteiger partial charge in [0.2, 0.25) is 0 Å². The summed E-state index contributed by atoms with van der Waals surface area (Å²) in [5.41, 5.74) is 0.564. The molecule has 0 spiro atoms. The molecule has 0 amide bonds. The molecule has 1 aromatic heterocycles. The van der Waals surface area contributed by atoms with Gasteiger partial charge in [-0.2, -0.15) is 0 Å². The van der Waals surface area contributed by atoms with Crippen LogP contribution in [0.1, 0.15) is 5.56 Å². The van der Waals surface area contributed by atoms with E-state index in [0.717, 1.165) is 16.7 Å². The summed E-state index contributed by atoms with van der Waals surface area (Å²) in [5, 5.41) is 0.181. The molecule has 0 atom stereocenters. The summed E-state index contributed by atoms with van der Waals surface area (Å²) in [4.78, 5) is 11.8. The Hall–Kier alpha value is -2.01. The lowest BCUT2D eigenvalue weighted by Gasteiger charge is -2.05. The maximum absolute atomic E-state index is 12.7. The largest absolute Gasteiger partial charge is 0.497 e. The Balaban J connectivity index is 1.91. The molecule has 0 unspecified atom stereocenters. The van der Waals surface area contributed by atoms with Gasteiger partial charge >= 0.3 is 0 Å². The van der Waals surface area contributed by atoms with E-state index >= 15 is 0 Å². The second-order valence-electron chi connectivity index (χ2n) is 6.05. The van der Waals surface area contributed by atoms with Crippen molar-refractivity contribution in [3.05, 3.63) is 73.5 Å². The van der Waals surface area contributed by atoms with Crippen LogP contribution in [0.5, 0.6) is 5.75 Å². The van der Waals surface area contributed by atoms with Gasteiger partial charge in [-0.25, -0.2) is 16.8 Å². The first-order chi connectivity index (χ1) is 13.6. The number of benzene rings is 2. The average molecular weight is 515 g/mol. The molecule has 0 bridgehead atoms. The molecule has 0 fully saturated rings. The van der Waals surface area contributed by atoms with E-state index < -0.39 is 34.4 Å². The molecule has 6 nitrogen and oxygen atoms in total. The van der Waals surface area contributed by atoms with E-state index in [1.54, 1.807) is 42.5 Å². The fourth-order valence-electron chi connectivity index (χ4n) is 2.51. The third-order valence-corrected chi connectivity index (χ3v) is 9.60. The molecule has 29 heavy (non-hydrogen) atoms. The fourth-order valence-corrected chi connectivity index (χ4v) is 7.60. The molecule has 3 aromatic rings. The number of ether oxygens (including phenoxy) is 1. The van der Waals surface area contributed by atoms with Crippen molar-refractivity contribution in [3.8, 4) is 5.75 Å². The zero-order chi connectivity index (χ0) is 21.2. The summed E-state index contributed by atoms with van der Waals surface area (Å²) in [5.74, 6) is 0.611. The molecule has 0 saturated carbocycles. The molecule has 3 rings (SSSR count). The van der Waals surface area contributed by atoms with E-state index in [-0.39, 0.29) is 0 Å². The summed E-state index contributed by atoms with van der Waals surface area (Å²) >= 11 is 4.05. The van der Waals surface area contributed by atoms with Crippen LogP contribution in [-0.2, 0) is 19.7 Å². The van der Waals surface area contributed by atoms with Crippen LogP contribution in [0.15, 0.2) is 68.1 Å². The van der Waals surface area contributed by atoms with E-state index in [1.165, 1.54) is 19.3 Å². The summed E-state index contributed by atoms with van der Waals surface area (Å²) in [6.07, 6.45) is 1.29. The maximum Gasteiger partial charge on any atom is 0.251 e. The van der Waals surface area contributed by atoms with Crippen LogP contribution >= 0.6 is 27.3 Å². The average Bonchev–Trinajstić information content (AvgIpc) is 2.65. The highest BCUT2D eigenvalue weighted by atomic mass is 79.9. The highest BCUT2D eigenvalue weighted by molar-refractivity contribution is 9.10. The Morgan fingerprint density at radius 2 is 1.72 bits per heavy atom. The lowest BCUT2D eigenvalue weighted by atomic mass is 10.2. The van der Waals surface area contributed by atoms with E-state index in [2.05, 4.69) is 15.9 Å². The van der Waals surface area contributed by atoms with Gasteiger partial charge < -0.3 is 4.74 Å². The highest BCUT2D eigenvalue weighted by Gasteiger charge is 2.26. The normalized spacial score (nSPS) is 12.5. The lowest BCUT2D eigenvalue weighted by Crippen LogP contribution is -2.20. The highest BCUT2D eigenvalue weighted by Crippen LogP contribution is 2.24. The minimum atomic E-state index is -4.34. The van der Waals surface area contributed by atoms with Crippen molar-refractivity contribution in [2.45, 2.75) is 4.90 Å². The molecule has 0 aliphatic carbocycles. The van der Waals surface area contributed by atoms with Crippen molar-refractivity contribution in [1.82, 2.24) is 0 Å². The lowest BCUT2D eigenvalue weighted by molar-refractivity contribution is 0.415. The van der Waals surface area contributed by atoms with Crippen LogP contribution in [0, 0.1) is 0 Å². The van der Waals surface area contributed by atoms with Crippen molar-refractivity contribution < 1.29 is 21.6 Å². The zero-order valence-electron chi connectivity index (χ0n) is 15.0. The molecular weight excluding hydrogens is 500 g/mol. The monoisotopic (exact) mass is 514 g/mol. The van der Waals surface area contributed by atoms with Crippen LogP contribution in [0.3, 0.4) is 0 Å². The van der Waals surface area contributed by atoms with Crippen LogP contribution in [-0.4, -0.2) is 29.0 Å². The molecule has 152 valence electrons. The second-order valence-corrected chi connectivity index (χ2v) is 12.2. The van der Waals surface area contributed by atoms with Gasteiger partial charge in [-0.15, -0.1) is 0 Å². The van der Waals surface area contributed by atoms with Crippen LogP contribution < -0.4 is 9.48 Å². The van der Waals surface area contributed by atoms with Crippen LogP contribution in [0.2, 0.25) is 0 Å². The van der Waals surface area contributed by atoms with Crippen molar-refractivity contribution in [2.75, 3.05) is 12.2 Å². The molecule has 2 aromatic carbocycles.